The van der Waals surface area contributed by atoms with Crippen molar-refractivity contribution >= 4 is 5.78 Å². The van der Waals surface area contributed by atoms with Crippen LogP contribution in [0.15, 0.2) is 18.2 Å². The fourth-order valence-corrected chi connectivity index (χ4v) is 3.12. The lowest BCUT2D eigenvalue weighted by atomic mass is 9.94. The molecule has 1 heterocycles. The van der Waals surface area contributed by atoms with E-state index in [9.17, 15) is 4.79 Å². The number of rotatable bonds is 5. The van der Waals surface area contributed by atoms with Crippen molar-refractivity contribution in [3.05, 3.63) is 34.9 Å². The van der Waals surface area contributed by atoms with Crippen LogP contribution < -0.4 is 0 Å². The number of carbonyl (C=O) groups is 1. The highest BCUT2D eigenvalue weighted by atomic mass is 16.5. The van der Waals surface area contributed by atoms with Gasteiger partial charge in [0.25, 0.3) is 0 Å². The van der Waals surface area contributed by atoms with E-state index in [1.54, 1.807) is 7.11 Å². The summed E-state index contributed by atoms with van der Waals surface area (Å²) in [7, 11) is 1.75. The van der Waals surface area contributed by atoms with Crippen molar-refractivity contribution in [3.63, 3.8) is 0 Å². The summed E-state index contributed by atoms with van der Waals surface area (Å²) in [5.41, 5.74) is 3.25. The smallest absolute Gasteiger partial charge is 0.179 e. The van der Waals surface area contributed by atoms with Gasteiger partial charge in [-0.25, -0.2) is 0 Å². The summed E-state index contributed by atoms with van der Waals surface area (Å²) in [6.45, 7) is 8.94. The summed E-state index contributed by atoms with van der Waals surface area (Å²) in [6, 6.07) is 5.97. The molecule has 1 aromatic rings. The Bertz CT molecular complexity index is 496. The highest BCUT2D eigenvalue weighted by molar-refractivity contribution is 6.00. The summed E-state index contributed by atoms with van der Waals surface area (Å²) in [4.78, 5) is 15.0. The summed E-state index contributed by atoms with van der Waals surface area (Å²) >= 11 is 0. The maximum Gasteiger partial charge on any atom is 0.179 e. The molecule has 3 heteroatoms. The van der Waals surface area contributed by atoms with Gasteiger partial charge in [-0.15, -0.1) is 0 Å². The highest BCUT2D eigenvalue weighted by Crippen LogP contribution is 2.21. The van der Waals surface area contributed by atoms with Gasteiger partial charge in [0.2, 0.25) is 0 Å². The molecule has 1 aliphatic heterocycles. The van der Waals surface area contributed by atoms with Gasteiger partial charge in [-0.05, 0) is 63.3 Å². The third kappa shape index (κ3) is 3.92. The summed E-state index contributed by atoms with van der Waals surface area (Å²) in [5.74, 6) is 0.787. The first-order chi connectivity index (χ1) is 10.0. The zero-order valence-corrected chi connectivity index (χ0v) is 13.7. The van der Waals surface area contributed by atoms with Crippen LogP contribution in [0.3, 0.4) is 0 Å². The molecular formula is C18H27NO2. The second-order valence-electron chi connectivity index (χ2n) is 6.30. The Morgan fingerprint density at radius 1 is 1.38 bits per heavy atom. The van der Waals surface area contributed by atoms with E-state index in [0.717, 1.165) is 31.7 Å². The van der Waals surface area contributed by atoms with Crippen molar-refractivity contribution in [2.45, 2.75) is 39.7 Å². The predicted molar refractivity (Wildman–Crippen MR) is 85.9 cm³/mol. The van der Waals surface area contributed by atoms with Gasteiger partial charge in [0.1, 0.15) is 0 Å². The summed E-state index contributed by atoms with van der Waals surface area (Å²) in [5, 5.41) is 0. The quantitative estimate of drug-likeness (QED) is 0.779. The average Bonchev–Trinajstić information content (AvgIpc) is 2.49. The molecule has 0 aromatic heterocycles. The maximum atomic E-state index is 12.7. The molecule has 0 amide bonds. The first-order valence-electron chi connectivity index (χ1n) is 7.87. The molecule has 1 aliphatic rings. The van der Waals surface area contributed by atoms with Crippen molar-refractivity contribution in [1.82, 2.24) is 4.90 Å². The molecule has 2 unspecified atom stereocenters. The van der Waals surface area contributed by atoms with Crippen LogP contribution in [0.1, 0.15) is 41.3 Å². The minimum absolute atomic E-state index is 0.0493. The molecule has 0 saturated carbocycles. The van der Waals surface area contributed by atoms with E-state index in [2.05, 4.69) is 18.7 Å². The number of piperidine rings is 1. The lowest BCUT2D eigenvalue weighted by molar-refractivity contribution is 0.0595. The standard InChI is InChI=1S/C18H27NO2/c1-13-7-8-17(10-14(13)2)18(20)15(3)19-9-5-6-16(11-19)12-21-4/h7-8,10,15-16H,5-6,9,11-12H2,1-4H3. The van der Waals surface area contributed by atoms with Crippen molar-refractivity contribution in [3.8, 4) is 0 Å². The molecule has 1 fully saturated rings. The van der Waals surface area contributed by atoms with Gasteiger partial charge in [0.15, 0.2) is 5.78 Å². The minimum atomic E-state index is -0.0493. The number of hydrogen-bond acceptors (Lipinski definition) is 3. The number of ketones is 1. The fourth-order valence-electron chi connectivity index (χ4n) is 3.12. The van der Waals surface area contributed by atoms with E-state index in [0.29, 0.717) is 5.92 Å². The molecule has 0 spiro atoms. The van der Waals surface area contributed by atoms with Gasteiger partial charge in [-0.2, -0.15) is 0 Å². The van der Waals surface area contributed by atoms with E-state index >= 15 is 0 Å². The van der Waals surface area contributed by atoms with Crippen LogP contribution in [0, 0.1) is 19.8 Å². The molecule has 0 bridgehead atoms. The Morgan fingerprint density at radius 2 is 2.14 bits per heavy atom. The lowest BCUT2D eigenvalue weighted by Crippen LogP contribution is -2.46. The molecular weight excluding hydrogens is 262 g/mol. The van der Waals surface area contributed by atoms with E-state index in [4.69, 9.17) is 4.74 Å². The minimum Gasteiger partial charge on any atom is -0.384 e. The first kappa shape index (κ1) is 16.2. The van der Waals surface area contributed by atoms with Crippen LogP contribution in [-0.2, 0) is 4.74 Å². The molecule has 1 saturated heterocycles. The van der Waals surface area contributed by atoms with Crippen molar-refractivity contribution < 1.29 is 9.53 Å². The Labute approximate surface area is 128 Å². The SMILES string of the molecule is COCC1CCCN(C(C)C(=O)c2ccc(C)c(C)c2)C1. The maximum absolute atomic E-state index is 12.7. The number of likely N-dealkylation sites (tertiary alicyclic amines) is 1. The third-order valence-corrected chi connectivity index (χ3v) is 4.67. The second kappa shape index (κ2) is 7.19. The van der Waals surface area contributed by atoms with Gasteiger partial charge in [-0.1, -0.05) is 12.1 Å². The van der Waals surface area contributed by atoms with E-state index in [-0.39, 0.29) is 11.8 Å². The molecule has 2 rings (SSSR count). The topological polar surface area (TPSA) is 29.5 Å². The summed E-state index contributed by atoms with van der Waals surface area (Å²) in [6.07, 6.45) is 2.35. The zero-order chi connectivity index (χ0) is 15.4. The highest BCUT2D eigenvalue weighted by Gasteiger charge is 2.27. The van der Waals surface area contributed by atoms with Crippen LogP contribution in [0.5, 0.6) is 0 Å². The number of aryl methyl sites for hydroxylation is 2. The number of carbonyl (C=O) groups excluding carboxylic acids is 1. The van der Waals surface area contributed by atoms with Crippen LogP contribution in [0.25, 0.3) is 0 Å². The lowest BCUT2D eigenvalue weighted by Gasteiger charge is -2.36. The van der Waals surface area contributed by atoms with Gasteiger partial charge in [-0.3, -0.25) is 9.69 Å². The molecule has 21 heavy (non-hydrogen) atoms. The molecule has 0 aliphatic carbocycles. The summed E-state index contributed by atoms with van der Waals surface area (Å²) < 4.78 is 5.27. The molecule has 0 radical (unpaired) electrons. The van der Waals surface area contributed by atoms with Crippen molar-refractivity contribution in [2.75, 3.05) is 26.8 Å². The number of methoxy groups -OCH3 is 1. The number of benzene rings is 1. The number of Topliss-reactive ketones (excluding diaryl/α,β-unsaturated/α-hetero) is 1. The fraction of sp³-hybridized carbons (Fsp3) is 0.611. The van der Waals surface area contributed by atoms with Crippen LogP contribution in [0.2, 0.25) is 0 Å². The molecule has 1 aromatic carbocycles. The predicted octanol–water partition coefficient (Wildman–Crippen LogP) is 3.23. The van der Waals surface area contributed by atoms with Gasteiger partial charge in [0, 0.05) is 19.2 Å². The van der Waals surface area contributed by atoms with Gasteiger partial charge >= 0.3 is 0 Å². The van der Waals surface area contributed by atoms with E-state index < -0.39 is 0 Å². The van der Waals surface area contributed by atoms with E-state index in [1.807, 2.05) is 25.1 Å². The van der Waals surface area contributed by atoms with Crippen molar-refractivity contribution in [1.29, 1.82) is 0 Å². The van der Waals surface area contributed by atoms with E-state index in [1.165, 1.54) is 17.5 Å². The molecule has 2 atom stereocenters. The van der Waals surface area contributed by atoms with Crippen molar-refractivity contribution in [2.24, 2.45) is 5.92 Å². The first-order valence-corrected chi connectivity index (χ1v) is 7.87. The zero-order valence-electron chi connectivity index (χ0n) is 13.7. The van der Waals surface area contributed by atoms with Crippen LogP contribution in [-0.4, -0.2) is 43.5 Å². The number of hydrogen-bond donors (Lipinski definition) is 0. The van der Waals surface area contributed by atoms with Crippen LogP contribution in [0.4, 0.5) is 0 Å². The van der Waals surface area contributed by atoms with Gasteiger partial charge in [0.05, 0.1) is 12.6 Å². The monoisotopic (exact) mass is 289 g/mol. The number of nitrogens with zero attached hydrogens (tertiary/aromatic N) is 1. The molecule has 116 valence electrons. The number of ether oxygens (including phenoxy) is 1. The molecule has 0 N–H and O–H groups in total. The molecule has 3 nitrogen and oxygen atoms in total. The Hall–Kier alpha value is -1.19. The van der Waals surface area contributed by atoms with Crippen LogP contribution >= 0.6 is 0 Å². The Kier molecular flexibility index (Phi) is 5.54. The largest absolute Gasteiger partial charge is 0.384 e. The third-order valence-electron chi connectivity index (χ3n) is 4.67. The second-order valence-corrected chi connectivity index (χ2v) is 6.30. The normalized spacial score (nSPS) is 21.2. The van der Waals surface area contributed by atoms with Gasteiger partial charge < -0.3 is 4.74 Å². The Morgan fingerprint density at radius 3 is 2.81 bits per heavy atom. The Balaban J connectivity index is 2.05. The average molecular weight is 289 g/mol.